The maximum atomic E-state index is 12.4. The van der Waals surface area contributed by atoms with Crippen molar-refractivity contribution in [2.24, 2.45) is 5.92 Å². The third-order valence-corrected chi connectivity index (χ3v) is 5.85. The van der Waals surface area contributed by atoms with Crippen LogP contribution in [-0.2, 0) is 19.7 Å². The molecule has 1 saturated heterocycles. The first kappa shape index (κ1) is 15.9. The molecule has 2 aliphatic rings. The van der Waals surface area contributed by atoms with Crippen LogP contribution in [0.4, 0.5) is 0 Å². The molecule has 2 fully saturated rings. The summed E-state index contributed by atoms with van der Waals surface area (Å²) in [6.45, 7) is 1.12. The van der Waals surface area contributed by atoms with Crippen LogP contribution in [-0.4, -0.2) is 51.4 Å². The summed E-state index contributed by atoms with van der Waals surface area (Å²) >= 11 is 0. The Bertz CT molecular complexity index is 438. The van der Waals surface area contributed by atoms with Gasteiger partial charge in [0, 0.05) is 38.6 Å². The maximum absolute atomic E-state index is 12.4. The standard InChI is InChI=1S/C13H24N2O4S/c1-19-10-8-14-20(17,18)15-9-3-2-6-12(15)11-5-4-7-13(11)16/h11-12,14H,2-10H2,1H3. The molecule has 20 heavy (non-hydrogen) atoms. The SMILES string of the molecule is COCCNS(=O)(=O)N1CCCCC1C1CCCC1=O. The van der Waals surface area contributed by atoms with E-state index in [0.717, 1.165) is 32.1 Å². The minimum absolute atomic E-state index is 0.102. The van der Waals surface area contributed by atoms with E-state index in [9.17, 15) is 13.2 Å². The second kappa shape index (κ2) is 6.98. The summed E-state index contributed by atoms with van der Waals surface area (Å²) < 4.78 is 33.7. The number of nitrogens with one attached hydrogen (secondary N) is 1. The number of hydrogen-bond donors (Lipinski definition) is 1. The summed E-state index contributed by atoms with van der Waals surface area (Å²) in [5, 5.41) is 0. The highest BCUT2D eigenvalue weighted by Gasteiger charge is 2.41. The fourth-order valence-electron chi connectivity index (χ4n) is 3.24. The van der Waals surface area contributed by atoms with E-state index in [1.165, 1.54) is 11.4 Å². The van der Waals surface area contributed by atoms with Gasteiger partial charge in [0.25, 0.3) is 10.2 Å². The molecule has 0 aromatic heterocycles. The largest absolute Gasteiger partial charge is 0.383 e. The minimum atomic E-state index is -3.51. The number of piperidine rings is 1. The van der Waals surface area contributed by atoms with Gasteiger partial charge in [-0.25, -0.2) is 0 Å². The highest BCUT2D eigenvalue weighted by molar-refractivity contribution is 7.87. The number of nitrogens with zero attached hydrogens (tertiary/aromatic N) is 1. The van der Waals surface area contributed by atoms with Crippen LogP contribution in [0.2, 0.25) is 0 Å². The van der Waals surface area contributed by atoms with Gasteiger partial charge in [0.1, 0.15) is 5.78 Å². The van der Waals surface area contributed by atoms with Gasteiger partial charge in [0.2, 0.25) is 0 Å². The third kappa shape index (κ3) is 3.58. The van der Waals surface area contributed by atoms with Crippen LogP contribution in [0.15, 0.2) is 0 Å². The van der Waals surface area contributed by atoms with Crippen LogP contribution in [0.25, 0.3) is 0 Å². The van der Waals surface area contributed by atoms with E-state index in [-0.39, 0.29) is 24.3 Å². The predicted molar refractivity (Wildman–Crippen MR) is 75.5 cm³/mol. The van der Waals surface area contributed by atoms with E-state index in [2.05, 4.69) is 4.72 Å². The van der Waals surface area contributed by atoms with Crippen molar-refractivity contribution in [2.75, 3.05) is 26.8 Å². The van der Waals surface area contributed by atoms with Crippen LogP contribution in [0, 0.1) is 5.92 Å². The quantitative estimate of drug-likeness (QED) is 0.733. The molecule has 2 unspecified atom stereocenters. The highest BCUT2D eigenvalue weighted by atomic mass is 32.2. The van der Waals surface area contributed by atoms with E-state index in [4.69, 9.17) is 4.74 Å². The monoisotopic (exact) mass is 304 g/mol. The molecule has 0 spiro atoms. The van der Waals surface area contributed by atoms with E-state index in [1.54, 1.807) is 0 Å². The second-order valence-electron chi connectivity index (χ2n) is 5.53. The Morgan fingerprint density at radius 3 is 2.75 bits per heavy atom. The molecule has 0 bridgehead atoms. The minimum Gasteiger partial charge on any atom is -0.383 e. The molecule has 0 aromatic rings. The number of rotatable bonds is 6. The van der Waals surface area contributed by atoms with Crippen LogP contribution in [0.1, 0.15) is 38.5 Å². The van der Waals surface area contributed by atoms with Crippen molar-refractivity contribution in [3.8, 4) is 0 Å². The Labute approximate surface area is 121 Å². The summed E-state index contributed by atoms with van der Waals surface area (Å²) in [7, 11) is -1.98. The molecule has 6 nitrogen and oxygen atoms in total. The molecular formula is C13H24N2O4S. The normalized spacial score (nSPS) is 28.9. The number of hydrogen-bond acceptors (Lipinski definition) is 4. The number of carbonyl (C=O) groups is 1. The summed E-state index contributed by atoms with van der Waals surface area (Å²) in [4.78, 5) is 11.9. The lowest BCUT2D eigenvalue weighted by atomic mass is 9.90. The predicted octanol–water partition coefficient (Wildman–Crippen LogP) is 0.691. The summed E-state index contributed by atoms with van der Waals surface area (Å²) in [6.07, 6.45) is 4.98. The smallest absolute Gasteiger partial charge is 0.279 e. The van der Waals surface area contributed by atoms with Crippen molar-refractivity contribution in [2.45, 2.75) is 44.6 Å². The summed E-state index contributed by atoms with van der Waals surface area (Å²) in [5.74, 6) is 0.128. The lowest BCUT2D eigenvalue weighted by molar-refractivity contribution is -0.122. The van der Waals surface area contributed by atoms with Gasteiger partial charge in [-0.1, -0.05) is 6.42 Å². The Kier molecular flexibility index (Phi) is 5.54. The van der Waals surface area contributed by atoms with Crippen molar-refractivity contribution < 1.29 is 17.9 Å². The molecule has 2 atom stereocenters. The summed E-state index contributed by atoms with van der Waals surface area (Å²) in [5.41, 5.74) is 0. The molecule has 1 N–H and O–H groups in total. The van der Waals surface area contributed by atoms with E-state index < -0.39 is 10.2 Å². The first-order chi connectivity index (χ1) is 9.56. The van der Waals surface area contributed by atoms with Gasteiger partial charge in [-0.15, -0.1) is 0 Å². The van der Waals surface area contributed by atoms with E-state index in [0.29, 0.717) is 19.6 Å². The van der Waals surface area contributed by atoms with Crippen molar-refractivity contribution in [3.63, 3.8) is 0 Å². The fraction of sp³-hybridized carbons (Fsp3) is 0.923. The van der Waals surface area contributed by atoms with Crippen molar-refractivity contribution in [1.29, 1.82) is 0 Å². The van der Waals surface area contributed by atoms with Crippen LogP contribution < -0.4 is 4.72 Å². The molecule has 2 rings (SSSR count). The van der Waals surface area contributed by atoms with Crippen LogP contribution in [0.3, 0.4) is 0 Å². The van der Waals surface area contributed by atoms with Gasteiger partial charge in [-0.3, -0.25) is 4.79 Å². The number of methoxy groups -OCH3 is 1. The molecule has 116 valence electrons. The van der Waals surface area contributed by atoms with Gasteiger partial charge in [-0.2, -0.15) is 17.4 Å². The molecule has 0 radical (unpaired) electrons. The Balaban J connectivity index is 2.07. The van der Waals surface area contributed by atoms with Crippen LogP contribution in [0.5, 0.6) is 0 Å². The summed E-state index contributed by atoms with van der Waals surface area (Å²) in [6, 6.07) is -0.154. The first-order valence-electron chi connectivity index (χ1n) is 7.34. The molecule has 1 saturated carbocycles. The van der Waals surface area contributed by atoms with Gasteiger partial charge in [0.05, 0.1) is 6.61 Å². The van der Waals surface area contributed by atoms with Crippen molar-refractivity contribution in [3.05, 3.63) is 0 Å². The Hall–Kier alpha value is -0.500. The van der Waals surface area contributed by atoms with Gasteiger partial charge in [-0.05, 0) is 25.7 Å². The van der Waals surface area contributed by atoms with Gasteiger partial charge < -0.3 is 4.74 Å². The van der Waals surface area contributed by atoms with Gasteiger partial charge in [0.15, 0.2) is 0 Å². The Morgan fingerprint density at radius 2 is 2.10 bits per heavy atom. The first-order valence-corrected chi connectivity index (χ1v) is 8.78. The maximum Gasteiger partial charge on any atom is 0.279 e. The number of Topliss-reactive ketones (excluding diaryl/α,β-unsaturated/α-hetero) is 1. The van der Waals surface area contributed by atoms with Crippen LogP contribution >= 0.6 is 0 Å². The number of carbonyl (C=O) groups excluding carboxylic acids is 1. The topological polar surface area (TPSA) is 75.7 Å². The highest BCUT2D eigenvalue weighted by Crippen LogP contribution is 2.33. The molecular weight excluding hydrogens is 280 g/mol. The van der Waals surface area contributed by atoms with Crippen molar-refractivity contribution >= 4 is 16.0 Å². The molecule has 7 heteroatoms. The molecule has 0 aromatic carbocycles. The molecule has 1 aliphatic heterocycles. The number of ketones is 1. The zero-order valence-electron chi connectivity index (χ0n) is 12.0. The second-order valence-corrected chi connectivity index (χ2v) is 7.24. The molecule has 0 amide bonds. The lowest BCUT2D eigenvalue weighted by Crippen LogP contribution is -2.52. The van der Waals surface area contributed by atoms with Gasteiger partial charge >= 0.3 is 0 Å². The lowest BCUT2D eigenvalue weighted by Gasteiger charge is -2.37. The van der Waals surface area contributed by atoms with E-state index >= 15 is 0 Å². The zero-order chi connectivity index (χ0) is 14.6. The average molecular weight is 304 g/mol. The average Bonchev–Trinajstić information content (AvgIpc) is 2.85. The number of ether oxygens (including phenoxy) is 1. The zero-order valence-corrected chi connectivity index (χ0v) is 12.8. The van der Waals surface area contributed by atoms with E-state index in [1.807, 2.05) is 0 Å². The molecule has 1 heterocycles. The van der Waals surface area contributed by atoms with Crippen molar-refractivity contribution in [1.82, 2.24) is 9.03 Å². The molecule has 1 aliphatic carbocycles. The Morgan fingerprint density at radius 1 is 1.30 bits per heavy atom. The third-order valence-electron chi connectivity index (χ3n) is 4.21. The fourth-order valence-corrected chi connectivity index (χ4v) is 4.72.